The molecule has 5 rings (SSSR count). The van der Waals surface area contributed by atoms with Crippen molar-refractivity contribution < 1.29 is 19.1 Å². The summed E-state index contributed by atoms with van der Waals surface area (Å²) in [6.45, 7) is 0.920. The first-order chi connectivity index (χ1) is 17.2. The number of nitrogens with one attached hydrogen (secondary N) is 2. The van der Waals surface area contributed by atoms with E-state index in [9.17, 15) is 9.59 Å². The Morgan fingerprint density at radius 2 is 1.71 bits per heavy atom. The predicted molar refractivity (Wildman–Crippen MR) is 130 cm³/mol. The topological polar surface area (TPSA) is 120 Å². The van der Waals surface area contributed by atoms with Gasteiger partial charge in [-0.15, -0.1) is 10.2 Å². The number of nitrogens with zero attached hydrogens (tertiary/aromatic N) is 4. The van der Waals surface area contributed by atoms with E-state index in [1.54, 1.807) is 30.6 Å². The largest absolute Gasteiger partial charge is 0.486 e. The monoisotopic (exact) mass is 488 g/mol. The number of hydrogen-bond donors (Lipinski definition) is 2. The molecule has 2 N–H and O–H groups in total. The first-order valence-electron chi connectivity index (χ1n) is 10.7. The molecule has 0 radical (unpaired) electrons. The SMILES string of the molecule is O=C(CSc1nnc(-c2ccncc2)n1-c1ccccc1)NC(=O)Nc1ccc2c(c1)OCCO2. The van der Waals surface area contributed by atoms with E-state index >= 15 is 0 Å². The molecule has 0 aliphatic carbocycles. The van der Waals surface area contributed by atoms with E-state index in [4.69, 9.17) is 9.47 Å². The van der Waals surface area contributed by atoms with Crippen molar-refractivity contribution >= 4 is 29.4 Å². The summed E-state index contributed by atoms with van der Waals surface area (Å²) >= 11 is 1.18. The van der Waals surface area contributed by atoms with E-state index < -0.39 is 11.9 Å². The van der Waals surface area contributed by atoms with Crippen LogP contribution in [0.25, 0.3) is 17.1 Å². The second-order valence-corrected chi connectivity index (χ2v) is 8.30. The van der Waals surface area contributed by atoms with Crippen LogP contribution in [0.5, 0.6) is 11.5 Å². The molecule has 2 aromatic heterocycles. The number of fused-ring (bicyclic) bond motifs is 1. The molecule has 1 aliphatic rings. The van der Waals surface area contributed by atoms with Crippen LogP contribution in [0.1, 0.15) is 0 Å². The average Bonchev–Trinajstić information content (AvgIpc) is 3.32. The fraction of sp³-hybridized carbons (Fsp3) is 0.125. The molecule has 35 heavy (non-hydrogen) atoms. The molecular formula is C24H20N6O4S. The van der Waals surface area contributed by atoms with Crippen molar-refractivity contribution in [1.29, 1.82) is 0 Å². The van der Waals surface area contributed by atoms with Crippen molar-refractivity contribution in [2.24, 2.45) is 0 Å². The fourth-order valence-corrected chi connectivity index (χ4v) is 4.19. The second kappa shape index (κ2) is 10.3. The highest BCUT2D eigenvalue weighted by molar-refractivity contribution is 7.99. The number of urea groups is 1. The van der Waals surface area contributed by atoms with Gasteiger partial charge in [-0.2, -0.15) is 0 Å². The highest BCUT2D eigenvalue weighted by Crippen LogP contribution is 2.32. The molecule has 0 saturated carbocycles. The zero-order valence-corrected chi connectivity index (χ0v) is 19.2. The number of imide groups is 1. The molecule has 10 nitrogen and oxygen atoms in total. The number of thioether (sulfide) groups is 1. The minimum Gasteiger partial charge on any atom is -0.486 e. The molecular weight excluding hydrogens is 468 g/mol. The number of benzene rings is 2. The van der Waals surface area contributed by atoms with Gasteiger partial charge < -0.3 is 14.8 Å². The summed E-state index contributed by atoms with van der Waals surface area (Å²) in [5.41, 5.74) is 2.17. The molecule has 176 valence electrons. The Morgan fingerprint density at radius 1 is 0.943 bits per heavy atom. The molecule has 4 aromatic rings. The molecule has 0 saturated heterocycles. The van der Waals surface area contributed by atoms with Crippen LogP contribution in [-0.4, -0.2) is 50.7 Å². The second-order valence-electron chi connectivity index (χ2n) is 7.36. The van der Waals surface area contributed by atoms with Crippen molar-refractivity contribution in [3.05, 3.63) is 73.1 Å². The third-order valence-electron chi connectivity index (χ3n) is 4.97. The van der Waals surface area contributed by atoms with E-state index in [0.29, 0.717) is 41.4 Å². The number of carbonyl (C=O) groups is 2. The highest BCUT2D eigenvalue weighted by atomic mass is 32.2. The quantitative estimate of drug-likeness (QED) is 0.396. The van der Waals surface area contributed by atoms with Gasteiger partial charge in [-0.3, -0.25) is 19.7 Å². The number of anilines is 1. The van der Waals surface area contributed by atoms with Crippen LogP contribution < -0.4 is 20.1 Å². The molecule has 11 heteroatoms. The number of hydrogen-bond acceptors (Lipinski definition) is 8. The van der Waals surface area contributed by atoms with Gasteiger partial charge in [-0.1, -0.05) is 30.0 Å². The summed E-state index contributed by atoms with van der Waals surface area (Å²) in [7, 11) is 0. The van der Waals surface area contributed by atoms with Crippen LogP contribution in [0.3, 0.4) is 0 Å². The Hall–Kier alpha value is -4.38. The van der Waals surface area contributed by atoms with E-state index in [1.165, 1.54) is 11.8 Å². The van der Waals surface area contributed by atoms with Gasteiger partial charge >= 0.3 is 6.03 Å². The Bertz CT molecular complexity index is 1350. The number of aromatic nitrogens is 4. The zero-order chi connectivity index (χ0) is 24.0. The number of para-hydroxylation sites is 1. The Kier molecular flexibility index (Phi) is 6.57. The Labute approximate surface area is 204 Å². The van der Waals surface area contributed by atoms with Crippen molar-refractivity contribution in [1.82, 2.24) is 25.1 Å². The molecule has 0 unspecified atom stereocenters. The summed E-state index contributed by atoms with van der Waals surface area (Å²) in [4.78, 5) is 28.8. The smallest absolute Gasteiger partial charge is 0.325 e. The first-order valence-corrected chi connectivity index (χ1v) is 11.7. The normalized spacial score (nSPS) is 12.1. The number of rotatable bonds is 6. The molecule has 2 aromatic carbocycles. The lowest BCUT2D eigenvalue weighted by Crippen LogP contribution is -2.35. The molecule has 0 fully saturated rings. The van der Waals surface area contributed by atoms with Crippen LogP contribution in [0.4, 0.5) is 10.5 Å². The summed E-state index contributed by atoms with van der Waals surface area (Å²) in [5.74, 6) is 1.27. The van der Waals surface area contributed by atoms with E-state index in [1.807, 2.05) is 47.0 Å². The molecule has 3 amide bonds. The molecule has 0 atom stereocenters. The van der Waals surface area contributed by atoms with Crippen molar-refractivity contribution in [2.75, 3.05) is 24.3 Å². The lowest BCUT2D eigenvalue weighted by atomic mass is 10.2. The molecule has 1 aliphatic heterocycles. The maximum atomic E-state index is 12.5. The van der Waals surface area contributed by atoms with Gasteiger partial charge in [0, 0.05) is 35.4 Å². The van der Waals surface area contributed by atoms with Crippen molar-refractivity contribution in [3.8, 4) is 28.6 Å². The van der Waals surface area contributed by atoms with Crippen LogP contribution in [-0.2, 0) is 4.79 Å². The third kappa shape index (κ3) is 5.25. The van der Waals surface area contributed by atoms with Crippen molar-refractivity contribution in [2.45, 2.75) is 5.16 Å². The van der Waals surface area contributed by atoms with E-state index in [-0.39, 0.29) is 5.75 Å². The predicted octanol–water partition coefficient (Wildman–Crippen LogP) is 3.54. The van der Waals surface area contributed by atoms with Crippen LogP contribution >= 0.6 is 11.8 Å². The molecule has 3 heterocycles. The molecule has 0 spiro atoms. The maximum absolute atomic E-state index is 12.5. The van der Waals surface area contributed by atoms with Gasteiger partial charge in [0.1, 0.15) is 13.2 Å². The Morgan fingerprint density at radius 3 is 2.51 bits per heavy atom. The van der Waals surface area contributed by atoms with Gasteiger partial charge in [0.05, 0.1) is 5.75 Å². The van der Waals surface area contributed by atoms with E-state index in [0.717, 1.165) is 11.3 Å². The van der Waals surface area contributed by atoms with Crippen molar-refractivity contribution in [3.63, 3.8) is 0 Å². The zero-order valence-electron chi connectivity index (χ0n) is 18.4. The third-order valence-corrected chi connectivity index (χ3v) is 5.90. The number of carbonyl (C=O) groups excluding carboxylic acids is 2. The highest BCUT2D eigenvalue weighted by Gasteiger charge is 2.18. The van der Waals surface area contributed by atoms with Crippen LogP contribution in [0.2, 0.25) is 0 Å². The Balaban J connectivity index is 1.25. The maximum Gasteiger partial charge on any atom is 0.325 e. The lowest BCUT2D eigenvalue weighted by molar-refractivity contribution is -0.117. The van der Waals surface area contributed by atoms with Gasteiger partial charge in [0.25, 0.3) is 0 Å². The van der Waals surface area contributed by atoms with Crippen LogP contribution in [0, 0.1) is 0 Å². The number of amides is 3. The fourth-order valence-electron chi connectivity index (χ4n) is 3.44. The minimum absolute atomic E-state index is 0.0319. The lowest BCUT2D eigenvalue weighted by Gasteiger charge is -2.19. The summed E-state index contributed by atoms with van der Waals surface area (Å²) in [6, 6.07) is 17.7. The first kappa shape index (κ1) is 22.4. The van der Waals surface area contributed by atoms with E-state index in [2.05, 4.69) is 25.8 Å². The van der Waals surface area contributed by atoms with Gasteiger partial charge in [0.15, 0.2) is 22.5 Å². The summed E-state index contributed by atoms with van der Waals surface area (Å²) in [5, 5.41) is 14.1. The number of pyridine rings is 1. The van der Waals surface area contributed by atoms with Crippen LogP contribution in [0.15, 0.2) is 78.2 Å². The van der Waals surface area contributed by atoms with Gasteiger partial charge in [-0.05, 0) is 36.4 Å². The van der Waals surface area contributed by atoms with Gasteiger partial charge in [0.2, 0.25) is 5.91 Å². The number of ether oxygens (including phenoxy) is 2. The average molecular weight is 489 g/mol. The summed E-state index contributed by atoms with van der Waals surface area (Å²) < 4.78 is 12.8. The molecule has 0 bridgehead atoms. The minimum atomic E-state index is -0.644. The van der Waals surface area contributed by atoms with Gasteiger partial charge in [-0.25, -0.2) is 4.79 Å². The standard InChI is InChI=1S/C24H20N6O4S/c31-21(27-23(32)26-17-6-7-19-20(14-17)34-13-12-33-19)15-35-24-29-28-22(16-8-10-25-11-9-16)30(24)18-4-2-1-3-5-18/h1-11,14H,12-13,15H2,(H2,26,27,31,32). The summed E-state index contributed by atoms with van der Waals surface area (Å²) in [6.07, 6.45) is 3.36.